The van der Waals surface area contributed by atoms with Gasteiger partial charge in [-0.1, -0.05) is 120 Å². The van der Waals surface area contributed by atoms with E-state index in [2.05, 4.69) is 104 Å². The first kappa shape index (κ1) is 26.2. The van der Waals surface area contributed by atoms with Crippen LogP contribution in [0.4, 0.5) is 5.69 Å². The smallest absolute Gasteiger partial charge is 0.226 e. The van der Waals surface area contributed by atoms with E-state index in [1.807, 2.05) is 59.3 Å². The van der Waals surface area contributed by atoms with Crippen LogP contribution >= 0.6 is 11.6 Å². The Labute approximate surface area is 246 Å². The van der Waals surface area contributed by atoms with Crippen molar-refractivity contribution in [2.45, 2.75) is 6.92 Å². The Morgan fingerprint density at radius 3 is 1.63 bits per heavy atom. The van der Waals surface area contributed by atoms with E-state index in [1.165, 1.54) is 5.56 Å². The second-order valence-electron chi connectivity index (χ2n) is 9.81. The van der Waals surface area contributed by atoms with E-state index < -0.39 is 0 Å². The number of aliphatic imine (C=N–C) groups is 1. The molecule has 0 aliphatic carbocycles. The van der Waals surface area contributed by atoms with Crippen LogP contribution in [0.25, 0.3) is 39.1 Å². The molecule has 41 heavy (non-hydrogen) atoms. The highest BCUT2D eigenvalue weighted by Gasteiger charge is 2.22. The van der Waals surface area contributed by atoms with Crippen molar-refractivity contribution >= 4 is 23.1 Å². The van der Waals surface area contributed by atoms with Crippen molar-refractivity contribution in [3.05, 3.63) is 173 Å². The van der Waals surface area contributed by atoms with Crippen LogP contribution < -0.4 is 4.68 Å². The Balaban J connectivity index is 1.61. The molecule has 3 nitrogen and oxygen atoms in total. The Morgan fingerprint density at radius 2 is 1.10 bits per heavy atom. The molecule has 198 valence electrons. The second kappa shape index (κ2) is 12.0. The molecule has 6 aromatic rings. The highest BCUT2D eigenvalue weighted by Crippen LogP contribution is 2.30. The van der Waals surface area contributed by atoms with Crippen LogP contribution in [-0.4, -0.2) is 5.84 Å². The summed E-state index contributed by atoms with van der Waals surface area (Å²) in [6, 6.07) is 51.4. The largest absolute Gasteiger partial charge is 0.431 e. The number of hydrogen-bond acceptors (Lipinski definition) is 1. The lowest BCUT2D eigenvalue weighted by Gasteiger charge is -2.20. The number of benzene rings is 5. The Kier molecular flexibility index (Phi) is 7.70. The number of hydrogen-bond donors (Lipinski definition) is 0. The summed E-state index contributed by atoms with van der Waals surface area (Å²) in [6.45, 7) is 2.07. The topological polar surface area (TPSA) is 30.3 Å². The molecule has 0 spiro atoms. The van der Waals surface area contributed by atoms with Gasteiger partial charge in [-0.25, -0.2) is 0 Å². The molecule has 1 heterocycles. The SMILES string of the molecule is Cc1ccc(N=C([N-][n+]2c(-c3ccccc3)cc(-c3ccccc3)cc2-c2ccccc2)c2cccc(Cl)c2)cc1. The molecule has 0 N–H and O–H groups in total. The van der Waals surface area contributed by atoms with Gasteiger partial charge in [0.05, 0.1) is 0 Å². The van der Waals surface area contributed by atoms with Crippen LogP contribution in [0.1, 0.15) is 11.1 Å². The molecule has 0 radical (unpaired) electrons. The molecule has 0 aliphatic rings. The fourth-order valence-electron chi connectivity index (χ4n) is 4.73. The zero-order valence-corrected chi connectivity index (χ0v) is 23.4. The number of halogens is 1. The summed E-state index contributed by atoms with van der Waals surface area (Å²) in [7, 11) is 0. The predicted octanol–water partition coefficient (Wildman–Crippen LogP) is 9.85. The molecular weight excluding hydrogens is 522 g/mol. The minimum Gasteiger partial charge on any atom is -0.431 e. The number of aromatic nitrogens is 1. The highest BCUT2D eigenvalue weighted by atomic mass is 35.5. The van der Waals surface area contributed by atoms with Crippen molar-refractivity contribution in [2.75, 3.05) is 0 Å². The van der Waals surface area contributed by atoms with Crippen LogP contribution in [-0.2, 0) is 0 Å². The maximum absolute atomic E-state index is 6.46. The minimum atomic E-state index is 0.558. The summed E-state index contributed by atoms with van der Waals surface area (Å²) >= 11 is 6.46. The number of aryl methyl sites for hydroxylation is 1. The number of pyridine rings is 1. The van der Waals surface area contributed by atoms with E-state index in [9.17, 15) is 0 Å². The maximum atomic E-state index is 6.46. The molecule has 0 bridgehead atoms. The lowest BCUT2D eigenvalue weighted by molar-refractivity contribution is -0.593. The van der Waals surface area contributed by atoms with Gasteiger partial charge in [-0.15, -0.1) is 4.68 Å². The van der Waals surface area contributed by atoms with E-state index in [0.717, 1.165) is 44.9 Å². The third kappa shape index (κ3) is 6.11. The first-order chi connectivity index (χ1) is 20.1. The van der Waals surface area contributed by atoms with Gasteiger partial charge in [0.2, 0.25) is 11.4 Å². The van der Waals surface area contributed by atoms with Crippen molar-refractivity contribution < 1.29 is 4.68 Å². The summed E-state index contributed by atoms with van der Waals surface area (Å²) < 4.78 is 2.00. The monoisotopic (exact) mass is 549 g/mol. The van der Waals surface area contributed by atoms with Gasteiger partial charge in [0, 0.05) is 34.1 Å². The fraction of sp³-hybridized carbons (Fsp3) is 0.0270. The van der Waals surface area contributed by atoms with Crippen molar-refractivity contribution in [3.63, 3.8) is 0 Å². The third-order valence-corrected chi connectivity index (χ3v) is 7.07. The van der Waals surface area contributed by atoms with Crippen LogP contribution in [0.3, 0.4) is 0 Å². The Bertz CT molecular complexity index is 1740. The van der Waals surface area contributed by atoms with E-state index in [4.69, 9.17) is 22.0 Å². The zero-order chi connectivity index (χ0) is 28.0. The summed E-state index contributed by atoms with van der Waals surface area (Å²) in [6.07, 6.45) is 0. The van der Waals surface area contributed by atoms with Gasteiger partial charge in [-0.3, -0.25) is 0 Å². The molecule has 1 aromatic heterocycles. The van der Waals surface area contributed by atoms with Gasteiger partial charge >= 0.3 is 0 Å². The molecule has 4 heteroatoms. The summed E-state index contributed by atoms with van der Waals surface area (Å²) in [5.41, 5.74) is 14.3. The van der Waals surface area contributed by atoms with Gasteiger partial charge in [0.25, 0.3) is 0 Å². The van der Waals surface area contributed by atoms with E-state index >= 15 is 0 Å². The van der Waals surface area contributed by atoms with Gasteiger partial charge in [-0.05, 0) is 65.7 Å². The maximum Gasteiger partial charge on any atom is 0.226 e. The molecular formula is C37H28ClN3. The van der Waals surface area contributed by atoms with E-state index in [-0.39, 0.29) is 0 Å². The first-order valence-electron chi connectivity index (χ1n) is 13.5. The average molecular weight is 550 g/mol. The average Bonchev–Trinajstić information content (AvgIpc) is 3.03. The molecule has 0 fully saturated rings. The number of nitrogens with zero attached hydrogens (tertiary/aromatic N) is 3. The van der Waals surface area contributed by atoms with Gasteiger partial charge < -0.3 is 4.99 Å². The predicted molar refractivity (Wildman–Crippen MR) is 171 cm³/mol. The summed E-state index contributed by atoms with van der Waals surface area (Å²) in [5, 5.41) is 0.630. The van der Waals surface area contributed by atoms with Crippen LogP contribution in [0.15, 0.2) is 157 Å². The fourth-order valence-corrected chi connectivity index (χ4v) is 4.92. The normalized spacial score (nSPS) is 11.3. The lowest BCUT2D eigenvalue weighted by atomic mass is 9.99. The molecule has 0 aliphatic heterocycles. The molecule has 0 saturated carbocycles. The van der Waals surface area contributed by atoms with Crippen molar-refractivity contribution in [3.8, 4) is 33.6 Å². The van der Waals surface area contributed by atoms with Gasteiger partial charge in [-0.2, -0.15) is 5.43 Å². The quantitative estimate of drug-likeness (QED) is 0.112. The summed E-state index contributed by atoms with van der Waals surface area (Å²) in [4.78, 5) is 5.03. The number of rotatable bonds is 6. The summed E-state index contributed by atoms with van der Waals surface area (Å²) in [5.74, 6) is 0.558. The van der Waals surface area contributed by atoms with E-state index in [0.29, 0.717) is 10.9 Å². The van der Waals surface area contributed by atoms with Crippen molar-refractivity contribution in [1.29, 1.82) is 0 Å². The lowest BCUT2D eigenvalue weighted by Crippen LogP contribution is -2.38. The van der Waals surface area contributed by atoms with E-state index in [1.54, 1.807) is 0 Å². The minimum absolute atomic E-state index is 0.558. The van der Waals surface area contributed by atoms with Crippen LogP contribution in [0, 0.1) is 6.92 Å². The zero-order valence-electron chi connectivity index (χ0n) is 22.7. The number of amidine groups is 1. The molecule has 0 saturated heterocycles. The Morgan fingerprint density at radius 1 is 0.561 bits per heavy atom. The Hall–Kier alpha value is -4.99. The molecule has 0 amide bonds. The van der Waals surface area contributed by atoms with Crippen molar-refractivity contribution in [1.82, 2.24) is 0 Å². The van der Waals surface area contributed by atoms with Crippen LogP contribution in [0.5, 0.6) is 0 Å². The second-order valence-corrected chi connectivity index (χ2v) is 10.2. The third-order valence-electron chi connectivity index (χ3n) is 6.83. The van der Waals surface area contributed by atoms with Gasteiger partial charge in [0.1, 0.15) is 0 Å². The molecule has 0 atom stereocenters. The first-order valence-corrected chi connectivity index (χ1v) is 13.9. The highest BCUT2D eigenvalue weighted by molar-refractivity contribution is 6.31. The molecule has 5 aromatic carbocycles. The molecule has 0 unspecified atom stereocenters. The van der Waals surface area contributed by atoms with Crippen molar-refractivity contribution in [2.24, 2.45) is 4.99 Å². The standard InChI is InChI=1S/C37H28ClN3/c1-27-20-22-34(23-21-27)39-37(31-18-11-19-33(38)24-31)40-41-35(29-14-7-3-8-15-29)25-32(28-12-5-2-6-13-28)26-36(41)30-16-9-4-10-17-30/h2-26H,1H3. The van der Waals surface area contributed by atoms with Crippen LogP contribution in [0.2, 0.25) is 5.02 Å². The van der Waals surface area contributed by atoms with Gasteiger partial charge in [0.15, 0.2) is 0 Å². The molecule has 6 rings (SSSR count).